The van der Waals surface area contributed by atoms with E-state index in [0.29, 0.717) is 5.56 Å². The number of benzene rings is 2. The molecule has 142 valence electrons. The van der Waals surface area contributed by atoms with E-state index in [9.17, 15) is 13.5 Å². The Hall–Kier alpha value is -1.89. The Labute approximate surface area is 156 Å². The number of phenols is 1. The molecular weight excluding hydrogens is 350 g/mol. The van der Waals surface area contributed by atoms with E-state index >= 15 is 0 Å². The summed E-state index contributed by atoms with van der Waals surface area (Å²) in [5.74, 6) is -0.0120. The van der Waals surface area contributed by atoms with Crippen LogP contribution in [0.15, 0.2) is 54.6 Å². The fraction of sp³-hybridized carbons (Fsp3) is 0.400. The van der Waals surface area contributed by atoms with Gasteiger partial charge in [-0.2, -0.15) is 4.31 Å². The van der Waals surface area contributed by atoms with Gasteiger partial charge in [0.1, 0.15) is 5.75 Å². The molecule has 0 heterocycles. The summed E-state index contributed by atoms with van der Waals surface area (Å²) in [5.41, 5.74) is 1.47. The molecule has 0 aliphatic heterocycles. The molecule has 2 aromatic rings. The van der Waals surface area contributed by atoms with Crippen LogP contribution in [0.25, 0.3) is 0 Å². The van der Waals surface area contributed by atoms with Gasteiger partial charge in [0.05, 0.1) is 18.5 Å². The molecule has 6 heteroatoms. The van der Waals surface area contributed by atoms with Gasteiger partial charge in [-0.15, -0.1) is 0 Å². The molecule has 2 rings (SSSR count). The number of ether oxygens (including phenoxy) is 1. The summed E-state index contributed by atoms with van der Waals surface area (Å²) < 4.78 is 32.9. The summed E-state index contributed by atoms with van der Waals surface area (Å²) >= 11 is 0. The molecule has 1 N–H and O–H groups in total. The quantitative estimate of drug-likeness (QED) is 0.723. The van der Waals surface area contributed by atoms with Gasteiger partial charge < -0.3 is 9.84 Å². The van der Waals surface area contributed by atoms with Crippen LogP contribution in [0.1, 0.15) is 37.9 Å². The molecule has 0 spiro atoms. The van der Waals surface area contributed by atoms with Gasteiger partial charge in [0.2, 0.25) is 10.0 Å². The van der Waals surface area contributed by atoms with Gasteiger partial charge in [-0.3, -0.25) is 0 Å². The first kappa shape index (κ1) is 20.4. The van der Waals surface area contributed by atoms with Gasteiger partial charge in [-0.1, -0.05) is 48.5 Å². The molecule has 0 aromatic heterocycles. The van der Waals surface area contributed by atoms with Crippen LogP contribution >= 0.6 is 0 Å². The Morgan fingerprint density at radius 1 is 1.00 bits per heavy atom. The molecule has 0 aliphatic carbocycles. The fourth-order valence-electron chi connectivity index (χ4n) is 2.69. The molecular formula is C20H27NO4S. The van der Waals surface area contributed by atoms with Gasteiger partial charge in [-0.25, -0.2) is 8.42 Å². The Morgan fingerprint density at radius 2 is 1.62 bits per heavy atom. The van der Waals surface area contributed by atoms with Crippen LogP contribution in [0.3, 0.4) is 0 Å². The number of rotatable bonds is 9. The first-order valence-corrected chi connectivity index (χ1v) is 10.3. The van der Waals surface area contributed by atoms with E-state index in [1.165, 1.54) is 4.31 Å². The second-order valence-corrected chi connectivity index (χ2v) is 8.54. The molecule has 0 amide bonds. The Kier molecular flexibility index (Phi) is 7.20. The van der Waals surface area contributed by atoms with E-state index in [2.05, 4.69) is 0 Å². The number of hydrogen-bond acceptors (Lipinski definition) is 4. The van der Waals surface area contributed by atoms with Crippen molar-refractivity contribution in [1.29, 1.82) is 0 Å². The largest absolute Gasteiger partial charge is 0.508 e. The highest BCUT2D eigenvalue weighted by atomic mass is 32.2. The summed E-state index contributed by atoms with van der Waals surface area (Å²) in [4.78, 5) is 0. The summed E-state index contributed by atoms with van der Waals surface area (Å²) in [6.45, 7) is 5.85. The van der Waals surface area contributed by atoms with Crippen LogP contribution in [-0.4, -0.2) is 36.3 Å². The van der Waals surface area contributed by atoms with Crippen molar-refractivity contribution in [1.82, 2.24) is 4.31 Å². The topological polar surface area (TPSA) is 66.8 Å². The van der Waals surface area contributed by atoms with Crippen LogP contribution in [0.2, 0.25) is 0 Å². The monoisotopic (exact) mass is 377 g/mol. The summed E-state index contributed by atoms with van der Waals surface area (Å²) in [7, 11) is -3.58. The number of nitrogens with zero attached hydrogens (tertiary/aromatic N) is 1. The van der Waals surface area contributed by atoms with E-state index in [4.69, 9.17) is 4.74 Å². The number of aromatic hydroxyl groups is 1. The lowest BCUT2D eigenvalue weighted by Crippen LogP contribution is -2.36. The lowest BCUT2D eigenvalue weighted by Gasteiger charge is -2.29. The smallest absolute Gasteiger partial charge is 0.217 e. The Morgan fingerprint density at radius 3 is 2.23 bits per heavy atom. The highest BCUT2D eigenvalue weighted by Gasteiger charge is 2.29. The van der Waals surface area contributed by atoms with Crippen molar-refractivity contribution in [3.05, 3.63) is 65.7 Å². The molecule has 5 nitrogen and oxygen atoms in total. The fourth-order valence-corrected chi connectivity index (χ4v) is 4.17. The third-order valence-corrected chi connectivity index (χ3v) is 6.02. The SMILES string of the molecule is CC(C)OCCS(=O)(=O)N(Cc1ccccc1O)C(C)c1ccccc1. The highest BCUT2D eigenvalue weighted by molar-refractivity contribution is 7.89. The average molecular weight is 378 g/mol. The maximum atomic E-state index is 13.0. The average Bonchev–Trinajstić information content (AvgIpc) is 2.60. The molecule has 26 heavy (non-hydrogen) atoms. The Bertz CT molecular complexity index is 790. The molecule has 0 saturated heterocycles. The van der Waals surface area contributed by atoms with Crippen LogP contribution in [0.5, 0.6) is 5.75 Å². The van der Waals surface area contributed by atoms with E-state index in [1.54, 1.807) is 24.3 Å². The van der Waals surface area contributed by atoms with Crippen molar-refractivity contribution in [2.45, 2.75) is 39.5 Å². The van der Waals surface area contributed by atoms with E-state index in [0.717, 1.165) is 5.56 Å². The van der Waals surface area contributed by atoms with E-state index in [1.807, 2.05) is 51.1 Å². The van der Waals surface area contributed by atoms with Crippen molar-refractivity contribution in [3.8, 4) is 5.75 Å². The van der Waals surface area contributed by atoms with E-state index in [-0.39, 0.29) is 36.8 Å². The van der Waals surface area contributed by atoms with Gasteiger partial charge in [0.15, 0.2) is 0 Å². The first-order chi connectivity index (χ1) is 12.3. The van der Waals surface area contributed by atoms with Crippen molar-refractivity contribution >= 4 is 10.0 Å². The zero-order valence-corrected chi connectivity index (χ0v) is 16.3. The molecule has 0 fully saturated rings. The third-order valence-electron chi connectivity index (χ3n) is 4.18. The molecule has 1 unspecified atom stereocenters. The first-order valence-electron chi connectivity index (χ1n) is 8.74. The Balaban J connectivity index is 2.30. The third kappa shape index (κ3) is 5.56. The zero-order valence-electron chi connectivity index (χ0n) is 15.5. The van der Waals surface area contributed by atoms with Crippen molar-refractivity contribution in [3.63, 3.8) is 0 Å². The predicted octanol–water partition coefficient (Wildman–Crippen LogP) is 3.71. The number of para-hydroxylation sites is 1. The van der Waals surface area contributed by atoms with Crippen LogP contribution in [0.4, 0.5) is 0 Å². The minimum Gasteiger partial charge on any atom is -0.508 e. The van der Waals surface area contributed by atoms with Gasteiger partial charge in [-0.05, 0) is 32.4 Å². The normalized spacial score (nSPS) is 13.3. The van der Waals surface area contributed by atoms with Gasteiger partial charge in [0, 0.05) is 18.2 Å². The second kappa shape index (κ2) is 9.16. The zero-order chi connectivity index (χ0) is 19.2. The summed E-state index contributed by atoms with van der Waals surface area (Å²) in [5, 5.41) is 10.1. The lowest BCUT2D eigenvalue weighted by molar-refractivity contribution is 0.0904. The molecule has 1 atom stereocenters. The lowest BCUT2D eigenvalue weighted by atomic mass is 10.1. The van der Waals surface area contributed by atoms with Crippen molar-refractivity contribution in [2.75, 3.05) is 12.4 Å². The number of sulfonamides is 1. The standard InChI is InChI=1S/C20H27NO4S/c1-16(2)25-13-14-26(23,24)21(15-19-11-7-8-12-20(19)22)17(3)18-9-5-4-6-10-18/h4-12,16-17,22H,13-15H2,1-3H3. The second-order valence-electron chi connectivity index (χ2n) is 6.50. The van der Waals surface area contributed by atoms with Crippen LogP contribution < -0.4 is 0 Å². The van der Waals surface area contributed by atoms with Crippen molar-refractivity contribution in [2.24, 2.45) is 0 Å². The van der Waals surface area contributed by atoms with Crippen LogP contribution in [-0.2, 0) is 21.3 Å². The van der Waals surface area contributed by atoms with Crippen molar-refractivity contribution < 1.29 is 18.3 Å². The predicted molar refractivity (Wildman–Crippen MR) is 103 cm³/mol. The molecule has 0 saturated carbocycles. The van der Waals surface area contributed by atoms with E-state index < -0.39 is 10.0 Å². The molecule has 0 bridgehead atoms. The summed E-state index contributed by atoms with van der Waals surface area (Å²) in [6, 6.07) is 15.9. The minimum absolute atomic E-state index is 0.0247. The number of phenolic OH excluding ortho intramolecular Hbond substituents is 1. The van der Waals surface area contributed by atoms with Gasteiger partial charge >= 0.3 is 0 Å². The highest BCUT2D eigenvalue weighted by Crippen LogP contribution is 2.28. The van der Waals surface area contributed by atoms with Gasteiger partial charge in [0.25, 0.3) is 0 Å². The maximum Gasteiger partial charge on any atom is 0.217 e. The number of hydrogen-bond donors (Lipinski definition) is 1. The molecule has 0 radical (unpaired) electrons. The van der Waals surface area contributed by atoms with Crippen LogP contribution in [0, 0.1) is 0 Å². The summed E-state index contributed by atoms with van der Waals surface area (Å²) in [6.07, 6.45) is -0.0247. The minimum atomic E-state index is -3.58. The maximum absolute atomic E-state index is 13.0. The molecule has 2 aromatic carbocycles. The molecule has 0 aliphatic rings.